The molecule has 0 saturated carbocycles. The number of hydrogen-bond acceptors (Lipinski definition) is 2. The molecule has 0 N–H and O–H groups in total. The molecule has 0 spiro atoms. The van der Waals surface area contributed by atoms with Crippen LogP contribution in [0.25, 0.3) is 0 Å². The summed E-state index contributed by atoms with van der Waals surface area (Å²) >= 11 is 0. The summed E-state index contributed by atoms with van der Waals surface area (Å²) in [6.45, 7) is 5.96. The molecular weight excluding hydrogens is 250 g/mol. The Kier molecular flexibility index (Phi) is 4.61. The molecule has 0 aliphatic carbocycles. The van der Waals surface area contributed by atoms with Crippen molar-refractivity contribution in [3.8, 4) is 0 Å². The van der Waals surface area contributed by atoms with Crippen LogP contribution >= 0.6 is 0 Å². The van der Waals surface area contributed by atoms with E-state index < -0.39 is 0 Å². The van der Waals surface area contributed by atoms with Gasteiger partial charge in [-0.25, -0.2) is 0 Å². The molecule has 1 aromatic carbocycles. The second-order valence-corrected chi connectivity index (χ2v) is 5.48. The molecule has 0 unspecified atom stereocenters. The molecule has 1 aliphatic rings. The highest BCUT2D eigenvalue weighted by molar-refractivity contribution is 5.97. The Bertz CT molecular complexity index is 507. The normalized spacial score (nSPS) is 20.7. The van der Waals surface area contributed by atoms with Crippen molar-refractivity contribution in [2.24, 2.45) is 0 Å². The van der Waals surface area contributed by atoms with E-state index in [1.165, 1.54) is 5.56 Å². The zero-order chi connectivity index (χ0) is 14.7. The van der Waals surface area contributed by atoms with Gasteiger partial charge in [0.2, 0.25) is 0 Å². The van der Waals surface area contributed by atoms with Crippen LogP contribution in [0.15, 0.2) is 41.5 Å². The number of ether oxygens (including phenoxy) is 1. The molecule has 20 heavy (non-hydrogen) atoms. The van der Waals surface area contributed by atoms with Gasteiger partial charge in [-0.2, -0.15) is 0 Å². The molecule has 0 saturated heterocycles. The Balaban J connectivity index is 2.02. The first kappa shape index (κ1) is 14.8. The smallest absolute Gasteiger partial charge is 0.252 e. The first-order valence-electron chi connectivity index (χ1n) is 7.13. The van der Waals surface area contributed by atoms with Gasteiger partial charge in [-0.1, -0.05) is 30.3 Å². The van der Waals surface area contributed by atoms with E-state index in [9.17, 15) is 4.79 Å². The van der Waals surface area contributed by atoms with Gasteiger partial charge >= 0.3 is 0 Å². The van der Waals surface area contributed by atoms with E-state index in [0.717, 1.165) is 24.0 Å². The van der Waals surface area contributed by atoms with E-state index in [-0.39, 0.29) is 18.2 Å². The summed E-state index contributed by atoms with van der Waals surface area (Å²) in [4.78, 5) is 14.2. The molecule has 0 fully saturated rings. The molecule has 0 aromatic heterocycles. The molecule has 1 amide bonds. The molecule has 108 valence electrons. The van der Waals surface area contributed by atoms with Crippen LogP contribution in [-0.4, -0.2) is 30.2 Å². The standard InChI is InChI=1S/C17H23NO2/c1-12(10-11-15-8-6-5-7-9-15)18-16(19)13(2)14(3)17(18)20-4/h5-9,12,17H,10-11H2,1-4H3/t12-,17+/m0/s1. The van der Waals surface area contributed by atoms with Gasteiger partial charge in [0.15, 0.2) is 6.23 Å². The highest BCUT2D eigenvalue weighted by Gasteiger charge is 2.37. The summed E-state index contributed by atoms with van der Waals surface area (Å²) in [6.07, 6.45) is 1.71. The zero-order valence-corrected chi connectivity index (χ0v) is 12.7. The molecule has 1 aliphatic heterocycles. The monoisotopic (exact) mass is 273 g/mol. The number of aryl methyl sites for hydroxylation is 1. The van der Waals surface area contributed by atoms with Crippen molar-refractivity contribution in [2.75, 3.05) is 7.11 Å². The minimum absolute atomic E-state index is 0.106. The van der Waals surface area contributed by atoms with Crippen LogP contribution in [0.2, 0.25) is 0 Å². The van der Waals surface area contributed by atoms with E-state index in [1.807, 2.05) is 24.8 Å². The summed E-state index contributed by atoms with van der Waals surface area (Å²) in [7, 11) is 1.66. The van der Waals surface area contributed by atoms with E-state index in [4.69, 9.17) is 4.74 Å². The van der Waals surface area contributed by atoms with Crippen molar-refractivity contribution in [1.29, 1.82) is 0 Å². The van der Waals surface area contributed by atoms with Crippen LogP contribution < -0.4 is 0 Å². The van der Waals surface area contributed by atoms with Crippen molar-refractivity contribution >= 4 is 5.91 Å². The summed E-state index contributed by atoms with van der Waals surface area (Å²) in [5.74, 6) is 0.106. The van der Waals surface area contributed by atoms with Crippen molar-refractivity contribution in [3.05, 3.63) is 47.0 Å². The van der Waals surface area contributed by atoms with Gasteiger partial charge in [-0.05, 0) is 44.7 Å². The van der Waals surface area contributed by atoms with Gasteiger partial charge in [0.1, 0.15) is 0 Å². The molecular formula is C17H23NO2. The number of benzene rings is 1. The quantitative estimate of drug-likeness (QED) is 0.824. The number of carbonyl (C=O) groups excluding carboxylic acids is 1. The van der Waals surface area contributed by atoms with Crippen molar-refractivity contribution in [3.63, 3.8) is 0 Å². The Hall–Kier alpha value is -1.61. The maximum atomic E-state index is 12.3. The summed E-state index contributed by atoms with van der Waals surface area (Å²) in [6, 6.07) is 10.5. The first-order valence-corrected chi connectivity index (χ1v) is 7.13. The molecule has 0 bridgehead atoms. The van der Waals surface area contributed by atoms with Gasteiger partial charge in [0, 0.05) is 18.7 Å². The maximum Gasteiger partial charge on any atom is 0.252 e. The topological polar surface area (TPSA) is 29.5 Å². The van der Waals surface area contributed by atoms with Crippen LogP contribution in [0.3, 0.4) is 0 Å². The fraction of sp³-hybridized carbons (Fsp3) is 0.471. The second kappa shape index (κ2) is 6.23. The van der Waals surface area contributed by atoms with Crippen molar-refractivity contribution < 1.29 is 9.53 Å². The maximum absolute atomic E-state index is 12.3. The summed E-state index contributed by atoms with van der Waals surface area (Å²) in [5.41, 5.74) is 3.16. The van der Waals surface area contributed by atoms with Crippen molar-refractivity contribution in [2.45, 2.75) is 45.9 Å². The first-order chi connectivity index (χ1) is 9.56. The third-order valence-corrected chi connectivity index (χ3v) is 4.16. The number of methoxy groups -OCH3 is 1. The van der Waals surface area contributed by atoms with Crippen LogP contribution in [0.5, 0.6) is 0 Å². The van der Waals surface area contributed by atoms with E-state index >= 15 is 0 Å². The molecule has 3 nitrogen and oxygen atoms in total. The van der Waals surface area contributed by atoms with Crippen LogP contribution in [0, 0.1) is 0 Å². The molecule has 2 rings (SSSR count). The highest BCUT2D eigenvalue weighted by atomic mass is 16.5. The van der Waals surface area contributed by atoms with Gasteiger partial charge in [0.05, 0.1) is 0 Å². The zero-order valence-electron chi connectivity index (χ0n) is 12.7. The Morgan fingerprint density at radius 3 is 2.50 bits per heavy atom. The number of carbonyl (C=O) groups is 1. The lowest BCUT2D eigenvalue weighted by molar-refractivity contribution is -0.136. The third kappa shape index (κ3) is 2.78. The van der Waals surface area contributed by atoms with Crippen LogP contribution in [0.4, 0.5) is 0 Å². The Morgan fingerprint density at radius 2 is 1.90 bits per heavy atom. The number of hydrogen-bond donors (Lipinski definition) is 0. The third-order valence-electron chi connectivity index (χ3n) is 4.16. The molecule has 0 radical (unpaired) electrons. The second-order valence-electron chi connectivity index (χ2n) is 5.48. The summed E-state index contributed by atoms with van der Waals surface area (Å²) < 4.78 is 5.50. The van der Waals surface area contributed by atoms with Gasteiger partial charge < -0.3 is 9.64 Å². The van der Waals surface area contributed by atoms with E-state index in [1.54, 1.807) is 7.11 Å². The van der Waals surface area contributed by atoms with E-state index in [0.29, 0.717) is 0 Å². The Morgan fingerprint density at radius 1 is 1.25 bits per heavy atom. The average Bonchev–Trinajstić information content (AvgIpc) is 2.69. The van der Waals surface area contributed by atoms with Gasteiger partial charge in [0.25, 0.3) is 5.91 Å². The van der Waals surface area contributed by atoms with Crippen molar-refractivity contribution in [1.82, 2.24) is 4.90 Å². The lowest BCUT2D eigenvalue weighted by Gasteiger charge is -2.31. The fourth-order valence-corrected chi connectivity index (χ4v) is 2.74. The largest absolute Gasteiger partial charge is 0.358 e. The average molecular weight is 273 g/mol. The SMILES string of the molecule is CO[C@@H]1C(C)=C(C)C(=O)N1[C@@H](C)CCc1ccccc1. The molecule has 1 heterocycles. The number of rotatable bonds is 5. The Labute approximate surface area is 121 Å². The predicted molar refractivity (Wildman–Crippen MR) is 80.2 cm³/mol. The highest BCUT2D eigenvalue weighted by Crippen LogP contribution is 2.29. The van der Waals surface area contributed by atoms with Gasteiger partial charge in [-0.3, -0.25) is 4.79 Å². The van der Waals surface area contributed by atoms with Gasteiger partial charge in [-0.15, -0.1) is 0 Å². The lowest BCUT2D eigenvalue weighted by Crippen LogP contribution is -2.43. The molecule has 2 atom stereocenters. The van der Waals surface area contributed by atoms with E-state index in [2.05, 4.69) is 31.2 Å². The molecule has 1 aromatic rings. The molecule has 3 heteroatoms. The number of amides is 1. The minimum Gasteiger partial charge on any atom is -0.358 e. The van der Waals surface area contributed by atoms with Crippen LogP contribution in [-0.2, 0) is 16.0 Å². The summed E-state index contributed by atoms with van der Waals surface area (Å²) in [5, 5.41) is 0. The minimum atomic E-state index is -0.201. The lowest BCUT2D eigenvalue weighted by atomic mass is 10.1. The van der Waals surface area contributed by atoms with Crippen LogP contribution in [0.1, 0.15) is 32.8 Å². The fourth-order valence-electron chi connectivity index (χ4n) is 2.74. The predicted octanol–water partition coefficient (Wildman–Crippen LogP) is 3.16. The number of nitrogens with zero attached hydrogens (tertiary/aromatic N) is 1.